The van der Waals surface area contributed by atoms with Crippen LogP contribution < -0.4 is 20.3 Å². The number of nitrogens with one attached hydrogen (secondary N) is 2. The Morgan fingerprint density at radius 2 is 1.75 bits per heavy atom. The van der Waals surface area contributed by atoms with Crippen molar-refractivity contribution in [3.63, 3.8) is 0 Å². The first kappa shape index (κ1) is 22.4. The van der Waals surface area contributed by atoms with E-state index in [2.05, 4.69) is 54.7 Å². The topological polar surface area (TPSA) is 65.0 Å². The Kier molecular flexibility index (Phi) is 7.82. The number of rotatable bonds is 8. The van der Waals surface area contributed by atoms with Crippen molar-refractivity contribution in [3.05, 3.63) is 53.7 Å². The van der Waals surface area contributed by atoms with Crippen LogP contribution in [0.3, 0.4) is 0 Å². The number of methoxy groups -OCH3 is 1. The lowest BCUT2D eigenvalue weighted by Crippen LogP contribution is -2.42. The number of anilines is 1. The molecule has 3 heterocycles. The molecule has 4 rings (SSSR count). The molecular weight excluding hydrogens is 400 g/mol. The quantitative estimate of drug-likeness (QED) is 0.489. The van der Waals surface area contributed by atoms with Crippen molar-refractivity contribution >= 4 is 11.8 Å². The van der Waals surface area contributed by atoms with Crippen molar-refractivity contribution in [3.8, 4) is 5.75 Å². The first-order valence-electron chi connectivity index (χ1n) is 11.8. The smallest absolute Gasteiger partial charge is 0.191 e. The van der Waals surface area contributed by atoms with Crippen LogP contribution in [0.4, 0.5) is 5.82 Å². The molecule has 0 spiro atoms. The summed E-state index contributed by atoms with van der Waals surface area (Å²) in [5.41, 5.74) is 2.52. The minimum Gasteiger partial charge on any atom is -0.497 e. The number of likely N-dealkylation sites (tertiary alicyclic amines) is 1. The average molecular weight is 437 g/mol. The molecule has 2 fully saturated rings. The predicted octanol–water partition coefficient (Wildman–Crippen LogP) is 3.19. The maximum Gasteiger partial charge on any atom is 0.191 e. The van der Waals surface area contributed by atoms with Gasteiger partial charge in [-0.25, -0.2) is 4.98 Å². The fourth-order valence-corrected chi connectivity index (χ4v) is 4.63. The first-order chi connectivity index (χ1) is 15.8. The molecule has 0 bridgehead atoms. The lowest BCUT2D eigenvalue weighted by molar-refractivity contribution is 0.245. The summed E-state index contributed by atoms with van der Waals surface area (Å²) < 4.78 is 5.34. The van der Waals surface area contributed by atoms with Gasteiger partial charge in [-0.1, -0.05) is 12.1 Å². The molecule has 1 aromatic heterocycles. The Labute approximate surface area is 191 Å². The van der Waals surface area contributed by atoms with Crippen molar-refractivity contribution in [1.29, 1.82) is 0 Å². The minimum absolute atomic E-state index is 0.310. The van der Waals surface area contributed by atoms with Crippen LogP contribution in [0, 0.1) is 0 Å². The van der Waals surface area contributed by atoms with E-state index in [1.807, 2.05) is 25.4 Å². The summed E-state index contributed by atoms with van der Waals surface area (Å²) >= 11 is 0. The largest absolute Gasteiger partial charge is 0.497 e. The zero-order valence-electron chi connectivity index (χ0n) is 19.4. The molecule has 2 N–H and O–H groups in total. The van der Waals surface area contributed by atoms with Gasteiger partial charge in [-0.3, -0.25) is 9.89 Å². The fourth-order valence-electron chi connectivity index (χ4n) is 4.63. The highest BCUT2D eigenvalue weighted by Crippen LogP contribution is 2.26. The number of benzene rings is 1. The SMILES string of the molecule is CN=C(NCc1ccnc(N2CCCC2)c1)NCC(c1ccc(OC)cc1)N1CCCC1. The Balaban J connectivity index is 1.36. The summed E-state index contributed by atoms with van der Waals surface area (Å²) in [5.74, 6) is 2.80. The molecule has 32 heavy (non-hydrogen) atoms. The second-order valence-electron chi connectivity index (χ2n) is 8.56. The van der Waals surface area contributed by atoms with Gasteiger partial charge >= 0.3 is 0 Å². The Morgan fingerprint density at radius 3 is 2.44 bits per heavy atom. The number of guanidine groups is 1. The van der Waals surface area contributed by atoms with Gasteiger partial charge in [0, 0.05) is 39.4 Å². The number of hydrogen-bond acceptors (Lipinski definition) is 5. The first-order valence-corrected chi connectivity index (χ1v) is 11.8. The van der Waals surface area contributed by atoms with Crippen LogP contribution in [0.1, 0.15) is 42.9 Å². The van der Waals surface area contributed by atoms with Crippen molar-refractivity contribution < 1.29 is 4.74 Å². The number of aliphatic imine (C=N–C) groups is 1. The third-order valence-corrected chi connectivity index (χ3v) is 6.47. The summed E-state index contributed by atoms with van der Waals surface area (Å²) in [5, 5.41) is 7.03. The molecule has 0 saturated carbocycles. The lowest BCUT2D eigenvalue weighted by atomic mass is 10.1. The molecule has 7 nitrogen and oxygen atoms in total. The van der Waals surface area contributed by atoms with E-state index < -0.39 is 0 Å². The zero-order valence-corrected chi connectivity index (χ0v) is 19.4. The highest BCUT2D eigenvalue weighted by molar-refractivity contribution is 5.79. The van der Waals surface area contributed by atoms with Gasteiger partial charge in [0.25, 0.3) is 0 Å². The van der Waals surface area contributed by atoms with E-state index >= 15 is 0 Å². The average Bonchev–Trinajstić information content (AvgIpc) is 3.57. The van der Waals surface area contributed by atoms with Crippen LogP contribution in [0.5, 0.6) is 5.75 Å². The molecular formula is C25H36N6O. The van der Waals surface area contributed by atoms with E-state index in [1.165, 1.54) is 36.8 Å². The maximum atomic E-state index is 5.34. The second-order valence-corrected chi connectivity index (χ2v) is 8.56. The van der Waals surface area contributed by atoms with Crippen LogP contribution in [-0.4, -0.2) is 62.7 Å². The maximum absolute atomic E-state index is 5.34. The highest BCUT2D eigenvalue weighted by atomic mass is 16.5. The third kappa shape index (κ3) is 5.71. The molecule has 2 saturated heterocycles. The zero-order chi connectivity index (χ0) is 22.2. The van der Waals surface area contributed by atoms with Crippen LogP contribution in [0.2, 0.25) is 0 Å². The van der Waals surface area contributed by atoms with Crippen LogP contribution >= 0.6 is 0 Å². The van der Waals surface area contributed by atoms with Crippen LogP contribution in [0.25, 0.3) is 0 Å². The van der Waals surface area contributed by atoms with Crippen LogP contribution in [-0.2, 0) is 6.54 Å². The molecule has 0 amide bonds. The summed E-state index contributed by atoms with van der Waals surface area (Å²) in [6.07, 6.45) is 6.95. The molecule has 2 aliphatic heterocycles. The number of nitrogens with zero attached hydrogens (tertiary/aromatic N) is 4. The van der Waals surface area contributed by atoms with E-state index in [-0.39, 0.29) is 0 Å². The monoisotopic (exact) mass is 436 g/mol. The number of pyridine rings is 1. The van der Waals surface area contributed by atoms with Gasteiger partial charge < -0.3 is 20.3 Å². The number of aromatic nitrogens is 1. The second kappa shape index (κ2) is 11.2. The third-order valence-electron chi connectivity index (χ3n) is 6.47. The fraction of sp³-hybridized carbons (Fsp3) is 0.520. The predicted molar refractivity (Wildman–Crippen MR) is 130 cm³/mol. The molecule has 0 aliphatic carbocycles. The van der Waals surface area contributed by atoms with Gasteiger partial charge in [0.2, 0.25) is 0 Å². The summed E-state index contributed by atoms with van der Waals surface area (Å²) in [6, 6.07) is 13.0. The Hall–Kier alpha value is -2.80. The van der Waals surface area contributed by atoms with Crippen LogP contribution in [0.15, 0.2) is 47.6 Å². The van der Waals surface area contributed by atoms with E-state index in [9.17, 15) is 0 Å². The molecule has 2 aromatic rings. The van der Waals surface area contributed by atoms with E-state index in [0.29, 0.717) is 6.04 Å². The summed E-state index contributed by atoms with van der Waals surface area (Å²) in [4.78, 5) is 13.9. The molecule has 2 aliphatic rings. The summed E-state index contributed by atoms with van der Waals surface area (Å²) in [6.45, 7) is 6.02. The number of hydrogen-bond donors (Lipinski definition) is 2. The highest BCUT2D eigenvalue weighted by Gasteiger charge is 2.23. The van der Waals surface area contributed by atoms with E-state index in [1.54, 1.807) is 7.11 Å². The van der Waals surface area contributed by atoms with E-state index in [0.717, 1.165) is 56.8 Å². The lowest BCUT2D eigenvalue weighted by Gasteiger charge is -2.29. The molecule has 7 heteroatoms. The van der Waals surface area contributed by atoms with Gasteiger partial charge in [-0.05, 0) is 74.2 Å². The standard InChI is InChI=1S/C25H36N6O/c1-26-25(28-18-20-11-12-27-24(17-20)31-15-5-6-16-31)29-19-23(30-13-3-4-14-30)21-7-9-22(32-2)10-8-21/h7-12,17,23H,3-6,13-16,18-19H2,1-2H3,(H2,26,28,29). The van der Waals surface area contributed by atoms with Crippen molar-refractivity contribution in [1.82, 2.24) is 20.5 Å². The normalized spacial score (nSPS) is 18.1. The number of ether oxygens (including phenoxy) is 1. The molecule has 1 aromatic carbocycles. The van der Waals surface area contributed by atoms with Gasteiger partial charge in [0.1, 0.15) is 11.6 Å². The summed E-state index contributed by atoms with van der Waals surface area (Å²) in [7, 11) is 3.54. The van der Waals surface area contributed by atoms with Crippen molar-refractivity contribution in [2.24, 2.45) is 4.99 Å². The van der Waals surface area contributed by atoms with Gasteiger partial charge in [0.05, 0.1) is 13.2 Å². The van der Waals surface area contributed by atoms with Crippen molar-refractivity contribution in [2.75, 3.05) is 51.8 Å². The Morgan fingerprint density at radius 1 is 1.03 bits per heavy atom. The van der Waals surface area contributed by atoms with Crippen molar-refractivity contribution in [2.45, 2.75) is 38.3 Å². The molecule has 0 radical (unpaired) electrons. The molecule has 1 unspecified atom stereocenters. The molecule has 172 valence electrons. The minimum atomic E-state index is 0.310. The van der Waals surface area contributed by atoms with Gasteiger partial charge in [-0.15, -0.1) is 0 Å². The van der Waals surface area contributed by atoms with E-state index in [4.69, 9.17) is 4.74 Å². The van der Waals surface area contributed by atoms with Gasteiger partial charge in [0.15, 0.2) is 5.96 Å². The Bertz CT molecular complexity index is 872. The van der Waals surface area contributed by atoms with Gasteiger partial charge in [-0.2, -0.15) is 0 Å². The molecule has 1 atom stereocenters.